The highest BCUT2D eigenvalue weighted by Crippen LogP contribution is 2.15. The van der Waals surface area contributed by atoms with Gasteiger partial charge in [0.05, 0.1) is 12.2 Å². The van der Waals surface area contributed by atoms with Crippen molar-refractivity contribution in [3.63, 3.8) is 0 Å². The van der Waals surface area contributed by atoms with Crippen molar-refractivity contribution >= 4 is 11.9 Å². The molecule has 0 radical (unpaired) electrons. The van der Waals surface area contributed by atoms with Crippen LogP contribution in [-0.4, -0.2) is 58.8 Å². The first-order valence-corrected chi connectivity index (χ1v) is 20.1. The van der Waals surface area contributed by atoms with E-state index in [9.17, 15) is 24.9 Å². The van der Waals surface area contributed by atoms with Crippen LogP contribution < -0.4 is 0 Å². The molecule has 292 valence electrons. The van der Waals surface area contributed by atoms with Gasteiger partial charge in [-0.15, -0.1) is 0 Å². The largest absolute Gasteiger partial charge is 0.463 e. The zero-order valence-electron chi connectivity index (χ0n) is 32.5. The summed E-state index contributed by atoms with van der Waals surface area (Å²) in [7, 11) is 0. The summed E-state index contributed by atoms with van der Waals surface area (Å²) in [6, 6.07) is 0. The summed E-state index contributed by atoms with van der Waals surface area (Å²) >= 11 is 0. The molecule has 7 nitrogen and oxygen atoms in total. The van der Waals surface area contributed by atoms with Gasteiger partial charge in [0, 0.05) is 12.8 Å². The molecule has 0 amide bonds. The van der Waals surface area contributed by atoms with Crippen LogP contribution in [0.25, 0.3) is 0 Å². The number of hydrogen-bond acceptors (Lipinski definition) is 7. The van der Waals surface area contributed by atoms with E-state index in [0.717, 1.165) is 38.0 Å². The molecule has 0 aromatic rings. The second-order valence-corrected chi connectivity index (χ2v) is 13.9. The van der Waals surface area contributed by atoms with Crippen molar-refractivity contribution in [3.05, 3.63) is 72.9 Å². The van der Waals surface area contributed by atoms with Gasteiger partial charge in [0.2, 0.25) is 0 Å². The van der Waals surface area contributed by atoms with Gasteiger partial charge in [-0.05, 0) is 44.4 Å². The van der Waals surface area contributed by atoms with Gasteiger partial charge in [-0.1, -0.05) is 177 Å². The lowest BCUT2D eigenvalue weighted by molar-refractivity contribution is -0.152. The van der Waals surface area contributed by atoms with Crippen LogP contribution in [-0.2, 0) is 19.1 Å². The molecule has 0 spiro atoms. The van der Waals surface area contributed by atoms with Gasteiger partial charge in [0.1, 0.15) is 19.3 Å². The standard InChI is InChI=1S/C44H74O7/c1-4-5-23-31-40(45)32-25-19-15-13-16-20-26-33-41(46)34-27-22-29-36-44(49)51-38-42(47)37-50-43(48)35-28-21-17-12-10-8-6-7-9-11-14-18-24-30-39(2)3/h5,15-16,19-20,23,25-27,32-34,39-42,45-47H,4,6-14,17-18,21-22,24,28-31,35-38H2,1-3H3/b19-15-,20-16-,23-5-,32-25+,33-26+,34-27-/t40-,41-,42-/m1/s1. The fourth-order valence-electron chi connectivity index (χ4n) is 5.25. The van der Waals surface area contributed by atoms with Gasteiger partial charge in [-0.25, -0.2) is 0 Å². The van der Waals surface area contributed by atoms with Crippen molar-refractivity contribution in [1.82, 2.24) is 0 Å². The summed E-state index contributed by atoms with van der Waals surface area (Å²) in [5.74, 6) is 0.0893. The number of aliphatic hydroxyl groups excluding tert-OH is 3. The number of carbonyl (C=O) groups excluding carboxylic acids is 2. The Kier molecular flexibility index (Phi) is 35.0. The van der Waals surface area contributed by atoms with Crippen LogP contribution in [0.2, 0.25) is 0 Å². The van der Waals surface area contributed by atoms with Crippen molar-refractivity contribution in [2.75, 3.05) is 13.2 Å². The number of carbonyl (C=O) groups is 2. The quantitative estimate of drug-likeness (QED) is 0.0263. The molecule has 0 bridgehead atoms. The van der Waals surface area contributed by atoms with Crippen LogP contribution in [0.4, 0.5) is 0 Å². The third-order valence-electron chi connectivity index (χ3n) is 8.31. The molecule has 0 saturated carbocycles. The van der Waals surface area contributed by atoms with E-state index in [1.165, 1.54) is 70.6 Å². The first-order valence-electron chi connectivity index (χ1n) is 20.1. The summed E-state index contributed by atoms with van der Waals surface area (Å²) in [6.45, 7) is 6.28. The zero-order chi connectivity index (χ0) is 37.6. The summed E-state index contributed by atoms with van der Waals surface area (Å²) < 4.78 is 10.2. The van der Waals surface area contributed by atoms with E-state index >= 15 is 0 Å². The lowest BCUT2D eigenvalue weighted by Gasteiger charge is -2.12. The summed E-state index contributed by atoms with van der Waals surface area (Å²) in [5, 5.41) is 29.8. The predicted molar refractivity (Wildman–Crippen MR) is 212 cm³/mol. The minimum absolute atomic E-state index is 0.177. The number of hydrogen-bond donors (Lipinski definition) is 3. The average molecular weight is 715 g/mol. The molecule has 7 heteroatoms. The summed E-state index contributed by atoms with van der Waals surface area (Å²) in [4.78, 5) is 23.9. The summed E-state index contributed by atoms with van der Waals surface area (Å²) in [6.07, 6.45) is 41.8. The van der Waals surface area contributed by atoms with Crippen molar-refractivity contribution in [2.45, 2.75) is 174 Å². The molecular formula is C44H74O7. The molecule has 0 heterocycles. The molecule has 51 heavy (non-hydrogen) atoms. The highest BCUT2D eigenvalue weighted by molar-refractivity contribution is 5.69. The number of rotatable bonds is 34. The predicted octanol–water partition coefficient (Wildman–Crippen LogP) is 10.4. The Labute approximate surface area is 311 Å². The van der Waals surface area contributed by atoms with Crippen LogP contribution >= 0.6 is 0 Å². The molecule has 0 aliphatic rings. The van der Waals surface area contributed by atoms with E-state index in [4.69, 9.17) is 9.47 Å². The van der Waals surface area contributed by atoms with Crippen molar-refractivity contribution in [1.29, 1.82) is 0 Å². The van der Waals surface area contributed by atoms with Crippen molar-refractivity contribution < 1.29 is 34.4 Å². The molecule has 3 atom stereocenters. The van der Waals surface area contributed by atoms with E-state index in [1.54, 1.807) is 24.3 Å². The lowest BCUT2D eigenvalue weighted by Crippen LogP contribution is -2.25. The maximum atomic E-state index is 12.0. The highest BCUT2D eigenvalue weighted by Gasteiger charge is 2.12. The monoisotopic (exact) mass is 715 g/mol. The van der Waals surface area contributed by atoms with Gasteiger partial charge in [-0.3, -0.25) is 9.59 Å². The molecule has 0 aromatic heterocycles. The molecule has 0 aliphatic heterocycles. The Morgan fingerprint density at radius 3 is 1.63 bits per heavy atom. The highest BCUT2D eigenvalue weighted by atomic mass is 16.6. The SMILES string of the molecule is CC/C=C\C[C@@H](O)/C=C/C=C\C/C=C\C=C\[C@@H](O)/C=C\CCCC(=O)OC[C@H](O)COC(=O)CCCCCCCCCCCCCCCC(C)C. The van der Waals surface area contributed by atoms with E-state index in [0.29, 0.717) is 25.7 Å². The normalized spacial score (nSPS) is 14.3. The minimum Gasteiger partial charge on any atom is -0.463 e. The van der Waals surface area contributed by atoms with E-state index in [1.807, 2.05) is 48.6 Å². The Hall–Kier alpha value is -2.74. The molecule has 0 fully saturated rings. The smallest absolute Gasteiger partial charge is 0.305 e. The maximum Gasteiger partial charge on any atom is 0.305 e. The van der Waals surface area contributed by atoms with Gasteiger partial charge < -0.3 is 24.8 Å². The number of esters is 2. The number of ether oxygens (including phenoxy) is 2. The van der Waals surface area contributed by atoms with Crippen LogP contribution in [0.3, 0.4) is 0 Å². The molecule has 0 aromatic carbocycles. The Morgan fingerprint density at radius 1 is 0.569 bits per heavy atom. The maximum absolute atomic E-state index is 12.0. The van der Waals surface area contributed by atoms with Crippen LogP contribution in [0.1, 0.15) is 156 Å². The minimum atomic E-state index is -1.04. The fraction of sp³-hybridized carbons (Fsp3) is 0.682. The molecule has 0 rings (SSSR count). The van der Waals surface area contributed by atoms with Gasteiger partial charge in [-0.2, -0.15) is 0 Å². The van der Waals surface area contributed by atoms with E-state index in [-0.39, 0.29) is 25.6 Å². The van der Waals surface area contributed by atoms with Crippen molar-refractivity contribution in [3.8, 4) is 0 Å². The molecule has 3 N–H and O–H groups in total. The average Bonchev–Trinajstić information content (AvgIpc) is 3.10. The molecule has 0 saturated heterocycles. The zero-order valence-corrected chi connectivity index (χ0v) is 32.5. The third-order valence-corrected chi connectivity index (χ3v) is 8.31. The van der Waals surface area contributed by atoms with Crippen LogP contribution in [0.5, 0.6) is 0 Å². The second kappa shape index (κ2) is 37.0. The number of allylic oxidation sites excluding steroid dienone is 8. The molecule has 0 aliphatic carbocycles. The van der Waals surface area contributed by atoms with Gasteiger partial charge in [0.15, 0.2) is 0 Å². The number of aliphatic hydroxyl groups is 3. The lowest BCUT2D eigenvalue weighted by atomic mass is 10.0. The summed E-state index contributed by atoms with van der Waals surface area (Å²) in [5.41, 5.74) is 0. The Morgan fingerprint density at radius 2 is 1.08 bits per heavy atom. The fourth-order valence-corrected chi connectivity index (χ4v) is 5.25. The van der Waals surface area contributed by atoms with Crippen molar-refractivity contribution in [2.24, 2.45) is 5.92 Å². The topological polar surface area (TPSA) is 113 Å². The van der Waals surface area contributed by atoms with Crippen LogP contribution in [0, 0.1) is 5.92 Å². The van der Waals surface area contributed by atoms with E-state index in [2.05, 4.69) is 20.8 Å². The third kappa shape index (κ3) is 38.3. The molecule has 0 unspecified atom stereocenters. The van der Waals surface area contributed by atoms with E-state index < -0.39 is 24.3 Å². The van der Waals surface area contributed by atoms with Crippen LogP contribution in [0.15, 0.2) is 72.9 Å². The van der Waals surface area contributed by atoms with Gasteiger partial charge >= 0.3 is 11.9 Å². The first-order chi connectivity index (χ1) is 24.7. The molecular weight excluding hydrogens is 640 g/mol. The number of unbranched alkanes of at least 4 members (excludes halogenated alkanes) is 13. The Balaban J connectivity index is 3.71. The second-order valence-electron chi connectivity index (χ2n) is 13.9. The first kappa shape index (κ1) is 48.3. The Bertz CT molecular complexity index is 991. The van der Waals surface area contributed by atoms with Gasteiger partial charge in [0.25, 0.3) is 0 Å².